The molecule has 3 rings (SSSR count). The summed E-state index contributed by atoms with van der Waals surface area (Å²) >= 11 is 0. The van der Waals surface area contributed by atoms with Crippen molar-refractivity contribution < 1.29 is 4.74 Å². The maximum Gasteiger partial charge on any atom is 0.130 e. The van der Waals surface area contributed by atoms with E-state index >= 15 is 0 Å². The summed E-state index contributed by atoms with van der Waals surface area (Å²) in [5.41, 5.74) is 7.57. The Bertz CT molecular complexity index is 552. The normalized spacial score (nSPS) is 22.4. The van der Waals surface area contributed by atoms with Gasteiger partial charge in [0, 0.05) is 12.0 Å². The van der Waals surface area contributed by atoms with Crippen LogP contribution in [0.1, 0.15) is 37.2 Å². The van der Waals surface area contributed by atoms with Gasteiger partial charge in [0.1, 0.15) is 11.5 Å². The van der Waals surface area contributed by atoms with E-state index in [1.165, 1.54) is 18.4 Å². The van der Waals surface area contributed by atoms with Gasteiger partial charge in [0.05, 0.1) is 0 Å². The summed E-state index contributed by atoms with van der Waals surface area (Å²) in [4.78, 5) is 0. The molecule has 104 valence electrons. The summed E-state index contributed by atoms with van der Waals surface area (Å²) in [7, 11) is 0. The number of ether oxygens (including phenoxy) is 1. The molecule has 0 radical (unpaired) electrons. The summed E-state index contributed by atoms with van der Waals surface area (Å²) in [5.74, 6) is 2.24. The van der Waals surface area contributed by atoms with Gasteiger partial charge in [-0.3, -0.25) is 0 Å². The Morgan fingerprint density at radius 2 is 1.55 bits per heavy atom. The lowest BCUT2D eigenvalue weighted by Crippen LogP contribution is -2.31. The fraction of sp³-hybridized carbons (Fsp3) is 0.333. The second-order valence-corrected chi connectivity index (χ2v) is 5.51. The first-order chi connectivity index (χ1) is 9.84. The van der Waals surface area contributed by atoms with Gasteiger partial charge in [-0.2, -0.15) is 0 Å². The van der Waals surface area contributed by atoms with Gasteiger partial charge in [-0.05, 0) is 36.6 Å². The molecule has 0 aliphatic heterocycles. The lowest BCUT2D eigenvalue weighted by atomic mass is 9.80. The second-order valence-electron chi connectivity index (χ2n) is 5.51. The van der Waals surface area contributed by atoms with Crippen molar-refractivity contribution in [2.45, 2.75) is 37.6 Å². The zero-order valence-electron chi connectivity index (χ0n) is 11.7. The molecule has 2 nitrogen and oxygen atoms in total. The van der Waals surface area contributed by atoms with E-state index in [2.05, 4.69) is 12.1 Å². The van der Waals surface area contributed by atoms with Crippen molar-refractivity contribution in [2.24, 2.45) is 5.73 Å². The van der Waals surface area contributed by atoms with Crippen LogP contribution in [0, 0.1) is 0 Å². The van der Waals surface area contributed by atoms with Crippen LogP contribution in [0.3, 0.4) is 0 Å². The maximum atomic E-state index is 6.32. The van der Waals surface area contributed by atoms with Gasteiger partial charge >= 0.3 is 0 Å². The molecule has 0 aromatic heterocycles. The van der Waals surface area contributed by atoms with Crippen molar-refractivity contribution in [1.82, 2.24) is 0 Å². The predicted molar refractivity (Wildman–Crippen MR) is 82.1 cm³/mol. The van der Waals surface area contributed by atoms with Crippen molar-refractivity contribution in [3.05, 3.63) is 60.2 Å². The van der Waals surface area contributed by atoms with E-state index in [1.54, 1.807) is 0 Å². The molecule has 0 heterocycles. The van der Waals surface area contributed by atoms with E-state index < -0.39 is 0 Å². The van der Waals surface area contributed by atoms with Crippen molar-refractivity contribution >= 4 is 0 Å². The van der Waals surface area contributed by atoms with Gasteiger partial charge in [0.15, 0.2) is 0 Å². The van der Waals surface area contributed by atoms with Crippen LogP contribution in [0.4, 0.5) is 0 Å². The highest BCUT2D eigenvalue weighted by molar-refractivity contribution is 5.40. The molecule has 2 unspecified atom stereocenters. The standard InChI is InChI=1S/C18H21NO/c19-17-12-6-4-10-15(17)16-11-5-7-13-18(16)20-14-8-2-1-3-9-14/h1-3,5,7-9,11,13,15,17H,4,6,10,12,19H2. The van der Waals surface area contributed by atoms with Crippen LogP contribution in [0.15, 0.2) is 54.6 Å². The Morgan fingerprint density at radius 3 is 2.35 bits per heavy atom. The summed E-state index contributed by atoms with van der Waals surface area (Å²) < 4.78 is 6.06. The fourth-order valence-electron chi connectivity index (χ4n) is 3.04. The third kappa shape index (κ3) is 2.86. The van der Waals surface area contributed by atoms with Crippen molar-refractivity contribution in [1.29, 1.82) is 0 Å². The monoisotopic (exact) mass is 267 g/mol. The average molecular weight is 267 g/mol. The Kier molecular flexibility index (Phi) is 4.03. The van der Waals surface area contributed by atoms with Crippen LogP contribution < -0.4 is 10.5 Å². The molecule has 0 spiro atoms. The topological polar surface area (TPSA) is 35.2 Å². The van der Waals surface area contributed by atoms with Crippen LogP contribution in [0.5, 0.6) is 11.5 Å². The smallest absolute Gasteiger partial charge is 0.130 e. The first kappa shape index (κ1) is 13.2. The van der Waals surface area contributed by atoms with E-state index in [-0.39, 0.29) is 6.04 Å². The molecule has 1 aliphatic carbocycles. The summed E-state index contributed by atoms with van der Waals surface area (Å²) in [6.07, 6.45) is 4.79. The largest absolute Gasteiger partial charge is 0.457 e. The minimum Gasteiger partial charge on any atom is -0.457 e. The summed E-state index contributed by atoms with van der Waals surface area (Å²) in [5, 5.41) is 0. The Morgan fingerprint density at radius 1 is 0.850 bits per heavy atom. The lowest BCUT2D eigenvalue weighted by molar-refractivity contribution is 0.373. The van der Waals surface area contributed by atoms with Crippen molar-refractivity contribution in [3.8, 4) is 11.5 Å². The first-order valence-electron chi connectivity index (χ1n) is 7.42. The van der Waals surface area contributed by atoms with E-state index in [0.717, 1.165) is 24.3 Å². The molecule has 2 atom stereocenters. The molecule has 2 heteroatoms. The van der Waals surface area contributed by atoms with Gasteiger partial charge in [0.2, 0.25) is 0 Å². The highest BCUT2D eigenvalue weighted by Gasteiger charge is 2.25. The van der Waals surface area contributed by atoms with Gasteiger partial charge < -0.3 is 10.5 Å². The molecule has 0 amide bonds. The number of benzene rings is 2. The fourth-order valence-corrected chi connectivity index (χ4v) is 3.04. The number of para-hydroxylation sites is 2. The average Bonchev–Trinajstić information content (AvgIpc) is 2.50. The molecule has 0 saturated heterocycles. The summed E-state index contributed by atoms with van der Waals surface area (Å²) in [6.45, 7) is 0. The maximum absolute atomic E-state index is 6.32. The molecule has 20 heavy (non-hydrogen) atoms. The van der Waals surface area contributed by atoms with Gasteiger partial charge in [-0.25, -0.2) is 0 Å². The third-order valence-corrected chi connectivity index (χ3v) is 4.11. The van der Waals surface area contributed by atoms with E-state index in [0.29, 0.717) is 5.92 Å². The quantitative estimate of drug-likeness (QED) is 0.890. The molecule has 2 aromatic carbocycles. The van der Waals surface area contributed by atoms with Crippen LogP contribution in [-0.4, -0.2) is 6.04 Å². The molecule has 0 bridgehead atoms. The number of hydrogen-bond donors (Lipinski definition) is 1. The van der Waals surface area contributed by atoms with Crippen LogP contribution in [0.2, 0.25) is 0 Å². The highest BCUT2D eigenvalue weighted by Crippen LogP contribution is 2.38. The zero-order chi connectivity index (χ0) is 13.8. The number of rotatable bonds is 3. The SMILES string of the molecule is NC1CCCCC1c1ccccc1Oc1ccccc1. The lowest BCUT2D eigenvalue weighted by Gasteiger charge is -2.30. The third-order valence-electron chi connectivity index (χ3n) is 4.11. The zero-order valence-corrected chi connectivity index (χ0v) is 11.7. The number of nitrogens with two attached hydrogens (primary N) is 1. The number of hydrogen-bond acceptors (Lipinski definition) is 2. The molecule has 1 aliphatic rings. The molecule has 1 saturated carbocycles. The Balaban J connectivity index is 1.88. The van der Waals surface area contributed by atoms with Crippen molar-refractivity contribution in [2.75, 3.05) is 0 Å². The molecular formula is C18H21NO. The highest BCUT2D eigenvalue weighted by atomic mass is 16.5. The summed E-state index contributed by atoms with van der Waals surface area (Å²) in [6, 6.07) is 18.5. The van der Waals surface area contributed by atoms with Crippen LogP contribution in [0.25, 0.3) is 0 Å². The first-order valence-corrected chi connectivity index (χ1v) is 7.42. The van der Waals surface area contributed by atoms with Gasteiger partial charge in [-0.1, -0.05) is 49.2 Å². The van der Waals surface area contributed by atoms with Gasteiger partial charge in [-0.15, -0.1) is 0 Å². The predicted octanol–water partition coefficient (Wildman–Crippen LogP) is 4.46. The molecular weight excluding hydrogens is 246 g/mol. The molecule has 1 fully saturated rings. The van der Waals surface area contributed by atoms with Gasteiger partial charge in [0.25, 0.3) is 0 Å². The second kappa shape index (κ2) is 6.10. The minimum atomic E-state index is 0.254. The minimum absolute atomic E-state index is 0.254. The van der Waals surface area contributed by atoms with Crippen LogP contribution in [-0.2, 0) is 0 Å². The molecule has 2 aromatic rings. The van der Waals surface area contributed by atoms with E-state index in [9.17, 15) is 0 Å². The van der Waals surface area contributed by atoms with E-state index in [4.69, 9.17) is 10.5 Å². The van der Waals surface area contributed by atoms with Crippen LogP contribution >= 0.6 is 0 Å². The van der Waals surface area contributed by atoms with E-state index in [1.807, 2.05) is 42.5 Å². The Hall–Kier alpha value is -1.80. The molecule has 2 N–H and O–H groups in total. The Labute approximate surface area is 120 Å². The van der Waals surface area contributed by atoms with Crippen molar-refractivity contribution in [3.63, 3.8) is 0 Å².